The molecule has 1 aliphatic carbocycles. The predicted octanol–water partition coefficient (Wildman–Crippen LogP) is 2.67. The molecule has 2 aliphatic rings. The highest BCUT2D eigenvalue weighted by Gasteiger charge is 2.31. The molecule has 3 heterocycles. The average Bonchev–Trinajstić information content (AvgIpc) is 3.05. The van der Waals surface area contributed by atoms with Crippen molar-refractivity contribution in [2.75, 3.05) is 13.1 Å². The van der Waals surface area contributed by atoms with Crippen LogP contribution in [0.4, 0.5) is 0 Å². The lowest BCUT2D eigenvalue weighted by Gasteiger charge is -2.32. The standard InChI is InChI=1S/C18H22N4O2/c1-12-9-19-10-15(20-12)13-5-4-8-22(11-13)18(23)17-14-6-2-3-7-16(14)24-21-17/h9-10,13H,2-8,11H2,1H3/t13-/m1/s1. The van der Waals surface area contributed by atoms with E-state index in [1.165, 1.54) is 0 Å². The molecule has 6 nitrogen and oxygen atoms in total. The van der Waals surface area contributed by atoms with Gasteiger partial charge in [-0.2, -0.15) is 0 Å². The van der Waals surface area contributed by atoms with E-state index in [9.17, 15) is 4.79 Å². The first-order valence-electron chi connectivity index (χ1n) is 8.77. The molecule has 0 aromatic carbocycles. The molecule has 2 aromatic rings. The van der Waals surface area contributed by atoms with Gasteiger partial charge in [-0.25, -0.2) is 0 Å². The molecule has 126 valence electrons. The van der Waals surface area contributed by atoms with Gasteiger partial charge in [0.1, 0.15) is 5.76 Å². The third-order valence-electron chi connectivity index (χ3n) is 5.05. The Labute approximate surface area is 141 Å². The van der Waals surface area contributed by atoms with Crippen LogP contribution in [0.15, 0.2) is 16.9 Å². The molecule has 0 spiro atoms. The van der Waals surface area contributed by atoms with Gasteiger partial charge in [0, 0.05) is 43.4 Å². The number of hydrogen-bond acceptors (Lipinski definition) is 5. The summed E-state index contributed by atoms with van der Waals surface area (Å²) in [6, 6.07) is 0. The van der Waals surface area contributed by atoms with Crippen molar-refractivity contribution in [1.29, 1.82) is 0 Å². The van der Waals surface area contributed by atoms with E-state index in [1.54, 1.807) is 6.20 Å². The van der Waals surface area contributed by atoms with E-state index < -0.39 is 0 Å². The minimum atomic E-state index is 0.00668. The van der Waals surface area contributed by atoms with Gasteiger partial charge >= 0.3 is 0 Å². The van der Waals surface area contributed by atoms with Crippen LogP contribution < -0.4 is 0 Å². The van der Waals surface area contributed by atoms with Gasteiger partial charge in [-0.3, -0.25) is 14.8 Å². The molecular weight excluding hydrogens is 304 g/mol. The number of nitrogens with zero attached hydrogens (tertiary/aromatic N) is 4. The van der Waals surface area contributed by atoms with Gasteiger partial charge in [0.15, 0.2) is 5.69 Å². The normalized spacial score (nSPS) is 20.7. The monoisotopic (exact) mass is 326 g/mol. The summed E-state index contributed by atoms with van der Waals surface area (Å²) in [5.74, 6) is 1.16. The number of rotatable bonds is 2. The molecule has 0 radical (unpaired) electrons. The Balaban J connectivity index is 1.54. The quantitative estimate of drug-likeness (QED) is 0.848. The van der Waals surface area contributed by atoms with Crippen molar-refractivity contribution in [3.05, 3.63) is 40.8 Å². The molecule has 1 atom stereocenters. The Morgan fingerprint density at radius 3 is 3.00 bits per heavy atom. The summed E-state index contributed by atoms with van der Waals surface area (Å²) in [4.78, 5) is 23.7. The summed E-state index contributed by atoms with van der Waals surface area (Å²) < 4.78 is 5.41. The third-order valence-corrected chi connectivity index (χ3v) is 5.05. The number of carbonyl (C=O) groups excluding carboxylic acids is 1. The van der Waals surface area contributed by atoms with Crippen molar-refractivity contribution in [2.24, 2.45) is 0 Å². The minimum absolute atomic E-state index is 0.00668. The summed E-state index contributed by atoms with van der Waals surface area (Å²) in [5, 5.41) is 4.09. The van der Waals surface area contributed by atoms with Crippen LogP contribution in [0.1, 0.15) is 64.8 Å². The van der Waals surface area contributed by atoms with E-state index in [0.717, 1.165) is 67.8 Å². The number of amides is 1. The molecule has 0 saturated carbocycles. The van der Waals surface area contributed by atoms with Crippen molar-refractivity contribution in [3.63, 3.8) is 0 Å². The highest BCUT2D eigenvalue weighted by Crippen LogP contribution is 2.29. The summed E-state index contributed by atoms with van der Waals surface area (Å²) in [5.41, 5.74) is 3.46. The van der Waals surface area contributed by atoms with Crippen molar-refractivity contribution in [2.45, 2.75) is 51.4 Å². The Morgan fingerprint density at radius 1 is 1.25 bits per heavy atom. The van der Waals surface area contributed by atoms with Crippen molar-refractivity contribution < 1.29 is 9.32 Å². The van der Waals surface area contributed by atoms with Gasteiger partial charge in [0.25, 0.3) is 5.91 Å². The Hall–Kier alpha value is -2.24. The van der Waals surface area contributed by atoms with Gasteiger partial charge in [-0.1, -0.05) is 5.16 Å². The molecule has 1 amide bonds. The molecule has 0 unspecified atom stereocenters. The predicted molar refractivity (Wildman–Crippen MR) is 87.8 cm³/mol. The Bertz CT molecular complexity index is 755. The number of aromatic nitrogens is 3. The molecule has 24 heavy (non-hydrogen) atoms. The van der Waals surface area contributed by atoms with E-state index in [-0.39, 0.29) is 11.8 Å². The maximum absolute atomic E-state index is 12.9. The van der Waals surface area contributed by atoms with Gasteiger partial charge in [0.05, 0.1) is 11.4 Å². The third kappa shape index (κ3) is 2.81. The smallest absolute Gasteiger partial charge is 0.276 e. The average molecular weight is 326 g/mol. The van der Waals surface area contributed by atoms with E-state index in [0.29, 0.717) is 12.2 Å². The molecular formula is C18H22N4O2. The summed E-state index contributed by atoms with van der Waals surface area (Å²) >= 11 is 0. The summed E-state index contributed by atoms with van der Waals surface area (Å²) in [6.45, 7) is 3.40. The molecule has 1 fully saturated rings. The number of hydrogen-bond donors (Lipinski definition) is 0. The van der Waals surface area contributed by atoms with Crippen LogP contribution >= 0.6 is 0 Å². The second-order valence-corrected chi connectivity index (χ2v) is 6.82. The summed E-state index contributed by atoms with van der Waals surface area (Å²) in [6.07, 6.45) is 9.63. The van der Waals surface area contributed by atoms with Crippen molar-refractivity contribution >= 4 is 5.91 Å². The first-order chi connectivity index (χ1) is 11.7. The van der Waals surface area contributed by atoms with E-state index >= 15 is 0 Å². The van der Waals surface area contributed by atoms with E-state index in [1.807, 2.05) is 18.0 Å². The second kappa shape index (κ2) is 6.34. The first kappa shape index (κ1) is 15.3. The van der Waals surface area contributed by atoms with Crippen molar-refractivity contribution in [3.8, 4) is 0 Å². The Morgan fingerprint density at radius 2 is 2.12 bits per heavy atom. The summed E-state index contributed by atoms with van der Waals surface area (Å²) in [7, 11) is 0. The van der Waals surface area contributed by atoms with E-state index in [2.05, 4.69) is 15.1 Å². The SMILES string of the molecule is Cc1cncc([C@@H]2CCCN(C(=O)c3noc4c3CCCC4)C2)n1. The largest absolute Gasteiger partial charge is 0.360 e. The van der Waals surface area contributed by atoms with Crippen LogP contribution in [-0.4, -0.2) is 39.0 Å². The highest BCUT2D eigenvalue weighted by atomic mass is 16.5. The molecule has 6 heteroatoms. The molecule has 4 rings (SSSR count). The zero-order valence-electron chi connectivity index (χ0n) is 14.0. The molecule has 0 N–H and O–H groups in total. The van der Waals surface area contributed by atoms with Crippen LogP contribution in [0.2, 0.25) is 0 Å². The van der Waals surface area contributed by atoms with Crippen LogP contribution in [0.3, 0.4) is 0 Å². The Kier molecular flexibility index (Phi) is 4.04. The number of carbonyl (C=O) groups is 1. The van der Waals surface area contributed by atoms with Gasteiger partial charge in [0.2, 0.25) is 0 Å². The fourth-order valence-electron chi connectivity index (χ4n) is 3.79. The molecule has 0 bridgehead atoms. The van der Waals surface area contributed by atoms with Crippen LogP contribution in [0.5, 0.6) is 0 Å². The van der Waals surface area contributed by atoms with Crippen molar-refractivity contribution in [1.82, 2.24) is 20.0 Å². The topological polar surface area (TPSA) is 72.1 Å². The second-order valence-electron chi connectivity index (χ2n) is 6.82. The highest BCUT2D eigenvalue weighted by molar-refractivity contribution is 5.94. The lowest BCUT2D eigenvalue weighted by Crippen LogP contribution is -2.40. The lowest BCUT2D eigenvalue weighted by molar-refractivity contribution is 0.0694. The minimum Gasteiger partial charge on any atom is -0.360 e. The maximum Gasteiger partial charge on any atom is 0.276 e. The van der Waals surface area contributed by atoms with Crippen LogP contribution in [0, 0.1) is 6.92 Å². The number of aryl methyl sites for hydroxylation is 2. The number of piperidine rings is 1. The van der Waals surface area contributed by atoms with Crippen LogP contribution in [-0.2, 0) is 12.8 Å². The van der Waals surface area contributed by atoms with Crippen LogP contribution in [0.25, 0.3) is 0 Å². The zero-order valence-corrected chi connectivity index (χ0v) is 14.0. The fraction of sp³-hybridized carbons (Fsp3) is 0.556. The van der Waals surface area contributed by atoms with Gasteiger partial charge in [-0.15, -0.1) is 0 Å². The zero-order chi connectivity index (χ0) is 16.5. The number of fused-ring (bicyclic) bond motifs is 1. The molecule has 1 saturated heterocycles. The maximum atomic E-state index is 12.9. The number of likely N-dealkylation sites (tertiary alicyclic amines) is 1. The van der Waals surface area contributed by atoms with E-state index in [4.69, 9.17) is 4.52 Å². The first-order valence-corrected chi connectivity index (χ1v) is 8.77. The fourth-order valence-corrected chi connectivity index (χ4v) is 3.79. The van der Waals surface area contributed by atoms with Gasteiger partial charge < -0.3 is 9.42 Å². The molecule has 1 aliphatic heterocycles. The lowest BCUT2D eigenvalue weighted by atomic mass is 9.93. The van der Waals surface area contributed by atoms with Gasteiger partial charge in [-0.05, 0) is 39.0 Å². The molecule has 2 aromatic heterocycles.